The van der Waals surface area contributed by atoms with E-state index in [-0.39, 0.29) is 57.1 Å². The fourth-order valence-electron chi connectivity index (χ4n) is 22.7. The van der Waals surface area contributed by atoms with Crippen LogP contribution in [0.4, 0.5) is 44.7 Å². The number of methoxy groups -OCH3 is 4. The molecule has 4 aromatic rings. The molecule has 0 bridgehead atoms. The molecule has 7 N–H and O–H groups in total. The summed E-state index contributed by atoms with van der Waals surface area (Å²) in [6.45, 7) is 5.68. The molecular weight excluding hydrogens is 1850 g/mol. The van der Waals surface area contributed by atoms with Crippen LogP contribution in [-0.2, 0) is 90.9 Å². The molecule has 35 heteroatoms. The van der Waals surface area contributed by atoms with Crippen LogP contribution in [0.3, 0.4) is 0 Å². The van der Waals surface area contributed by atoms with E-state index in [2.05, 4.69) is 32.2 Å². The van der Waals surface area contributed by atoms with E-state index in [1.165, 1.54) is 38.5 Å². The molecule has 131 heavy (non-hydrogen) atoms. The number of fused-ring (bicyclic) bond motifs is 12. The largest absolute Gasteiger partial charge is 0.493 e. The summed E-state index contributed by atoms with van der Waals surface area (Å²) >= 11 is 7.03. The average molecular weight is 1970 g/mol. The Morgan fingerprint density at radius 2 is 0.748 bits per heavy atom. The summed E-state index contributed by atoms with van der Waals surface area (Å²) in [5, 5.41) is 19.7. The van der Waals surface area contributed by atoms with E-state index in [1.54, 1.807) is 71.8 Å². The Bertz CT molecular complexity index is 4720. The Balaban J connectivity index is 0.000000129. The molecule has 20 rings (SSSR count). The Morgan fingerprint density at radius 1 is 0.443 bits per heavy atom. The van der Waals surface area contributed by atoms with Crippen molar-refractivity contribution in [1.82, 2.24) is 36.0 Å². The predicted octanol–water partition coefficient (Wildman–Crippen LogP) is 16.2. The van der Waals surface area contributed by atoms with Gasteiger partial charge in [0.15, 0.2) is 33.2 Å². The van der Waals surface area contributed by atoms with Gasteiger partial charge in [0.25, 0.3) is 42.9 Å². The maximum absolute atomic E-state index is 13.8. The van der Waals surface area contributed by atoms with E-state index in [9.17, 15) is 63.9 Å². The van der Waals surface area contributed by atoms with Gasteiger partial charge in [-0.15, -0.1) is 0 Å². The number of hydrogen-bond acceptors (Lipinski definition) is 19. The first-order valence-corrected chi connectivity index (χ1v) is 48.2. The fraction of sp³-hybridized carbons (Fsp3) is 0.667. The number of rotatable bonds is 23. The number of alkyl halides is 9. The topological polar surface area (TPSA) is 302 Å². The second-order valence-electron chi connectivity index (χ2n) is 39.7. The molecule has 8 saturated carbocycles. The monoisotopic (exact) mass is 1970 g/mol. The molecular formula is C96H124F8IN9O16S. The number of hydrogen-bond donors (Lipinski definition) is 6. The van der Waals surface area contributed by atoms with Gasteiger partial charge in [0.05, 0.1) is 80.5 Å². The van der Waals surface area contributed by atoms with Crippen LogP contribution in [0.25, 0.3) is 0 Å². The number of urea groups is 2. The van der Waals surface area contributed by atoms with Gasteiger partial charge in [-0.2, -0.15) is 0 Å². The van der Waals surface area contributed by atoms with Crippen LogP contribution in [0.2, 0.25) is 0 Å². The van der Waals surface area contributed by atoms with E-state index in [4.69, 9.17) is 66.1 Å². The molecule has 4 aliphatic heterocycles. The number of nitrogens with one attached hydrogen (secondary N) is 4. The summed E-state index contributed by atoms with van der Waals surface area (Å²) < 4.78 is 147. The fourth-order valence-corrected chi connectivity index (χ4v) is 23.0. The molecule has 25 nitrogen and oxygen atoms in total. The molecule has 4 unspecified atom stereocenters. The highest BCUT2D eigenvalue weighted by molar-refractivity contribution is 14.1. The Morgan fingerprint density at radius 3 is 1.08 bits per heavy atom. The highest BCUT2D eigenvalue weighted by Crippen LogP contribution is 2.66. The second-order valence-corrected chi connectivity index (χ2v) is 41.0. The van der Waals surface area contributed by atoms with Crippen LogP contribution in [0.15, 0.2) is 77.8 Å². The quantitative estimate of drug-likeness (QED) is 0.00765. The van der Waals surface area contributed by atoms with E-state index in [0.717, 1.165) is 176 Å². The molecule has 0 aromatic heterocycles. The van der Waals surface area contributed by atoms with Crippen LogP contribution >= 0.6 is 34.8 Å². The van der Waals surface area contributed by atoms with Crippen molar-refractivity contribution in [2.45, 2.75) is 278 Å². The number of imide groups is 2. The normalized spacial score (nSPS) is 31.0. The van der Waals surface area contributed by atoms with Crippen molar-refractivity contribution in [3.8, 4) is 23.0 Å². The van der Waals surface area contributed by atoms with Crippen molar-refractivity contribution in [2.75, 3.05) is 78.9 Å². The number of nitrogens with zero attached hydrogens (tertiary/aromatic N) is 4. The minimum atomic E-state index is -2.78. The number of thiocarbonyl (C=S) groups is 1. The summed E-state index contributed by atoms with van der Waals surface area (Å²) in [6, 6.07) is 22.4. The molecule has 8 amide bonds. The van der Waals surface area contributed by atoms with E-state index in [0.29, 0.717) is 97.6 Å². The van der Waals surface area contributed by atoms with Crippen LogP contribution in [0, 0.1) is 45.3 Å². The van der Waals surface area contributed by atoms with Crippen molar-refractivity contribution in [2.24, 2.45) is 56.1 Å². The van der Waals surface area contributed by atoms with Crippen molar-refractivity contribution >= 4 is 81.6 Å². The Hall–Kier alpha value is -7.81. The number of aliphatic imine (C=N–C) groups is 1. The van der Waals surface area contributed by atoms with Crippen molar-refractivity contribution in [3.05, 3.63) is 117 Å². The van der Waals surface area contributed by atoms with Crippen LogP contribution < -0.4 is 45.9 Å². The van der Waals surface area contributed by atoms with Crippen molar-refractivity contribution in [3.63, 3.8) is 0 Å². The molecule has 0 radical (unpaired) electrons. The third-order valence-electron chi connectivity index (χ3n) is 30.4. The minimum absolute atomic E-state index is 0.0578. The molecule has 718 valence electrons. The molecule has 8 spiro atoms. The summed E-state index contributed by atoms with van der Waals surface area (Å²) in [7, 11) is 6.84. The van der Waals surface area contributed by atoms with Gasteiger partial charge in [-0.3, -0.25) is 44.5 Å². The van der Waals surface area contributed by atoms with Gasteiger partial charge in [0.1, 0.15) is 23.0 Å². The van der Waals surface area contributed by atoms with E-state index >= 15 is 0 Å². The third-order valence-corrected chi connectivity index (χ3v) is 31.4. The highest BCUT2D eigenvalue weighted by Gasteiger charge is 2.72. The number of carbonyl (C=O) groups is 6. The van der Waals surface area contributed by atoms with Gasteiger partial charge in [-0.1, -0.05) is 46.9 Å². The third kappa shape index (κ3) is 19.5. The zero-order chi connectivity index (χ0) is 93.5. The molecule has 12 aliphatic carbocycles. The van der Waals surface area contributed by atoms with Gasteiger partial charge in [0.2, 0.25) is 6.43 Å². The molecule has 3 saturated heterocycles. The first-order valence-electron chi connectivity index (χ1n) is 46.3. The summed E-state index contributed by atoms with van der Waals surface area (Å²) in [4.78, 5) is 90.7. The molecule has 4 atom stereocenters. The lowest BCUT2D eigenvalue weighted by Gasteiger charge is -2.46. The maximum atomic E-state index is 13.8. The number of guanidine groups is 1. The lowest BCUT2D eigenvalue weighted by atomic mass is 9.61. The van der Waals surface area contributed by atoms with Gasteiger partial charge in [0, 0.05) is 50.1 Å². The molecule has 11 fully saturated rings. The maximum Gasteiger partial charge on any atom is 0.325 e. The second kappa shape index (κ2) is 39.5. The van der Waals surface area contributed by atoms with Crippen LogP contribution in [0.5, 0.6) is 23.0 Å². The molecule has 4 aromatic carbocycles. The molecule has 16 aliphatic rings. The number of ether oxygens (including phenoxy) is 8. The number of benzene rings is 4. The van der Waals surface area contributed by atoms with Gasteiger partial charge in [-0.05, 0) is 329 Å². The zero-order valence-corrected chi connectivity index (χ0v) is 78.5. The molecule has 4 heterocycles. The summed E-state index contributed by atoms with van der Waals surface area (Å²) in [6.07, 6.45) is 15.4. The van der Waals surface area contributed by atoms with Crippen molar-refractivity contribution in [1.29, 1.82) is 0 Å². The first-order chi connectivity index (χ1) is 62.5. The lowest BCUT2D eigenvalue weighted by Crippen LogP contribution is -2.57. The number of nitrogens with two attached hydrogens (primary N) is 1. The lowest BCUT2D eigenvalue weighted by molar-refractivity contribution is -0.306. The van der Waals surface area contributed by atoms with Gasteiger partial charge >= 0.3 is 12.1 Å². The van der Waals surface area contributed by atoms with Gasteiger partial charge < -0.3 is 59.6 Å². The first kappa shape index (κ1) is 97.7. The SMILES string of the molecule is CC(C)(C)OO.COC1CCC2(CC1)Cc1ccc(OCC3CC3)cc1C21N=C(N)N(CC(F)F)C1=O.COC1CCC2(CC1)Cc1ccc(OCC3CC3)cc1C21NC(=O)N(CC(F)F)C1=O.COC1CCC2(CC1)Cc1ccc(OCC3CC3)cc1C21NC(=O)NC1=O.COC1CCC2(CC1)Cc1ccc(OCC3CC3)cc1C21NC(=S)N(CC(F)F)C1=O.FC(F)CI. The standard InChI is InChI=1S/C23H29F2N3O3.C23H28F2N2O4.C23H28F2N2O3S.C21H26N2O4.C4H10O2.C2H3F2I/c1-30-16-6-8-22(9-7-16)11-15-4-5-17(31-13-14-2-3-14)10-18(15)23(22)20(29)28(12-19(24)25)21(26)27-23;1-30-16-6-8-22(9-7-16)11-15-4-5-17(31-13-14-2-3-14)10-18(15)23(22)20(28)27(12-19(24)25)21(29)26-23;1-29-16-6-8-22(9-7-16)11-15-4-5-17(30-13-14-2-3-14)10-18(15)23(22)20(28)27(12-19(24)25)21(31)26-23;1-26-15-6-8-20(9-7-15)11-14-4-5-16(27-12-13-2-3-13)10-17(14)21(20)18(24)22-19(25)23-21;1-4(2,3)6-5;3-2(4)1-5/h4-5,10,14,16,19H,2-3,6-9,11-13H2,1H3,(H2,26,27);4-5,10,14,16,19H,2-3,6-9,11-13H2,1H3,(H,26,29);4-5,10,14,16,19H,2-3,6-9,11-13H2,1H3,(H,26,31);4-5,10,13,15H,2-3,6-9,11-12H2,1H3,(H2,22,23,24,25);5H,1-3H3;2H,1H2. The summed E-state index contributed by atoms with van der Waals surface area (Å²) in [5.41, 5.74) is 6.64. The number of carbonyl (C=O) groups excluding carboxylic acids is 6. The predicted molar refractivity (Wildman–Crippen MR) is 481 cm³/mol. The smallest absolute Gasteiger partial charge is 0.325 e. The van der Waals surface area contributed by atoms with Crippen molar-refractivity contribution < 1.29 is 112 Å². The van der Waals surface area contributed by atoms with E-state index in [1.807, 2.05) is 66.7 Å². The van der Waals surface area contributed by atoms with Crippen LogP contribution in [-0.4, -0.2) is 201 Å². The highest BCUT2D eigenvalue weighted by atomic mass is 127. The van der Waals surface area contributed by atoms with E-state index < -0.39 is 113 Å². The van der Waals surface area contributed by atoms with Gasteiger partial charge in [-0.25, -0.2) is 54.6 Å². The zero-order valence-electron chi connectivity index (χ0n) is 75.6. The Labute approximate surface area is 778 Å². The summed E-state index contributed by atoms with van der Waals surface area (Å²) in [5.74, 6) is 3.62. The average Bonchev–Trinajstić information content (AvgIpc) is 1.59. The number of halogens is 9. The minimum Gasteiger partial charge on any atom is -0.493 e. The number of amides is 8. The Kier molecular flexibility index (Phi) is 29.5. The van der Waals surface area contributed by atoms with Crippen LogP contribution in [0.1, 0.15) is 219 Å².